The van der Waals surface area contributed by atoms with E-state index in [0.717, 1.165) is 5.39 Å². The van der Waals surface area contributed by atoms with Crippen molar-refractivity contribution in [2.24, 2.45) is 0 Å². The summed E-state index contributed by atoms with van der Waals surface area (Å²) in [4.78, 5) is 16.6. The zero-order valence-electron chi connectivity index (χ0n) is 10.8. The third-order valence-corrected chi connectivity index (χ3v) is 3.41. The number of carbonyl (C=O) groups is 1. The molecule has 3 N–H and O–H groups in total. The van der Waals surface area contributed by atoms with E-state index in [0.29, 0.717) is 36.6 Å². The number of benzene rings is 1. The predicted octanol–water partition coefficient (Wildman–Crippen LogP) is 1.95. The van der Waals surface area contributed by atoms with Gasteiger partial charge < -0.3 is 20.5 Å². The minimum atomic E-state index is -0.906. The lowest BCUT2D eigenvalue weighted by Crippen LogP contribution is -2.29. The van der Waals surface area contributed by atoms with Crippen LogP contribution in [0.2, 0.25) is 0 Å². The van der Waals surface area contributed by atoms with Crippen LogP contribution in [0, 0.1) is 0 Å². The lowest BCUT2D eigenvalue weighted by Gasteiger charge is -2.15. The van der Waals surface area contributed by atoms with Crippen molar-refractivity contribution in [3.63, 3.8) is 0 Å². The van der Waals surface area contributed by atoms with Crippen molar-refractivity contribution < 1.29 is 14.6 Å². The van der Waals surface area contributed by atoms with Crippen molar-refractivity contribution in [1.82, 2.24) is 9.88 Å². The van der Waals surface area contributed by atoms with Crippen LogP contribution in [0.4, 0.5) is 10.6 Å². The van der Waals surface area contributed by atoms with Crippen molar-refractivity contribution in [3.05, 3.63) is 30.3 Å². The predicted molar refractivity (Wildman–Crippen MR) is 74.8 cm³/mol. The van der Waals surface area contributed by atoms with Crippen LogP contribution in [0.3, 0.4) is 0 Å². The molecular weight excluding hydrogens is 258 g/mol. The van der Waals surface area contributed by atoms with Crippen LogP contribution in [-0.2, 0) is 0 Å². The number of fused-ring (bicyclic) bond motifs is 1. The minimum Gasteiger partial charge on any atom is -0.486 e. The van der Waals surface area contributed by atoms with Crippen LogP contribution in [-0.4, -0.2) is 40.3 Å². The van der Waals surface area contributed by atoms with Crippen molar-refractivity contribution in [1.29, 1.82) is 0 Å². The van der Waals surface area contributed by atoms with Crippen LogP contribution in [0.15, 0.2) is 30.3 Å². The minimum absolute atomic E-state index is 0.139. The van der Waals surface area contributed by atoms with Gasteiger partial charge in [0.25, 0.3) is 0 Å². The van der Waals surface area contributed by atoms with E-state index in [-0.39, 0.29) is 6.10 Å². The Kier molecular flexibility index (Phi) is 3.06. The summed E-state index contributed by atoms with van der Waals surface area (Å²) >= 11 is 0. The van der Waals surface area contributed by atoms with E-state index in [1.54, 1.807) is 6.07 Å². The Morgan fingerprint density at radius 1 is 1.40 bits per heavy atom. The van der Waals surface area contributed by atoms with Gasteiger partial charge in [0.2, 0.25) is 0 Å². The first kappa shape index (κ1) is 12.5. The topological polar surface area (TPSA) is 88.7 Å². The Hall–Kier alpha value is -2.50. The molecule has 0 saturated carbocycles. The van der Waals surface area contributed by atoms with Crippen LogP contribution in [0.5, 0.6) is 5.75 Å². The summed E-state index contributed by atoms with van der Waals surface area (Å²) in [6, 6.07) is 9.29. The van der Waals surface area contributed by atoms with Crippen LogP contribution in [0.25, 0.3) is 10.9 Å². The second-order valence-electron chi connectivity index (χ2n) is 4.82. The second-order valence-corrected chi connectivity index (χ2v) is 4.82. The van der Waals surface area contributed by atoms with E-state index in [1.165, 1.54) is 4.90 Å². The van der Waals surface area contributed by atoms with E-state index < -0.39 is 6.09 Å². The van der Waals surface area contributed by atoms with Gasteiger partial charge in [0, 0.05) is 18.4 Å². The first-order chi connectivity index (χ1) is 9.63. The largest absolute Gasteiger partial charge is 0.486 e. The van der Waals surface area contributed by atoms with Crippen molar-refractivity contribution in [2.45, 2.75) is 12.5 Å². The average Bonchev–Trinajstić information content (AvgIpc) is 2.88. The number of para-hydroxylation sites is 1. The highest BCUT2D eigenvalue weighted by atomic mass is 16.5. The molecule has 1 atom stereocenters. The summed E-state index contributed by atoms with van der Waals surface area (Å²) in [6.45, 7) is 0.883. The van der Waals surface area contributed by atoms with Gasteiger partial charge in [0.1, 0.15) is 23.2 Å². The number of nitrogen functional groups attached to an aromatic ring is 1. The van der Waals surface area contributed by atoms with E-state index >= 15 is 0 Å². The summed E-state index contributed by atoms with van der Waals surface area (Å²) in [5, 5.41) is 9.90. The van der Waals surface area contributed by atoms with Gasteiger partial charge in [-0.25, -0.2) is 9.78 Å². The highest BCUT2D eigenvalue weighted by molar-refractivity contribution is 5.85. The fraction of sp³-hybridized carbons (Fsp3) is 0.286. The number of carboxylic acid groups (broad SMARTS) is 1. The first-order valence-corrected chi connectivity index (χ1v) is 6.43. The van der Waals surface area contributed by atoms with Crippen LogP contribution < -0.4 is 10.5 Å². The SMILES string of the molecule is Nc1ccc2cccc(O[C@H]3CCN(C(=O)O)C3)c2n1. The van der Waals surface area contributed by atoms with Gasteiger partial charge in [-0.2, -0.15) is 0 Å². The molecule has 1 aliphatic rings. The summed E-state index contributed by atoms with van der Waals surface area (Å²) in [5.41, 5.74) is 6.42. The van der Waals surface area contributed by atoms with E-state index in [1.807, 2.05) is 24.3 Å². The van der Waals surface area contributed by atoms with Gasteiger partial charge in [0.15, 0.2) is 0 Å². The Morgan fingerprint density at radius 3 is 3.00 bits per heavy atom. The lowest BCUT2D eigenvalue weighted by molar-refractivity contribution is 0.146. The molecule has 0 radical (unpaired) electrons. The first-order valence-electron chi connectivity index (χ1n) is 6.43. The highest BCUT2D eigenvalue weighted by Gasteiger charge is 2.27. The third kappa shape index (κ3) is 2.32. The number of pyridine rings is 1. The molecule has 2 aromatic rings. The molecular formula is C14H15N3O3. The maximum absolute atomic E-state index is 10.9. The van der Waals surface area contributed by atoms with Crippen molar-refractivity contribution in [2.75, 3.05) is 18.8 Å². The second kappa shape index (κ2) is 4.88. The summed E-state index contributed by atoms with van der Waals surface area (Å²) in [7, 11) is 0. The molecule has 3 rings (SSSR count). The number of anilines is 1. The molecule has 20 heavy (non-hydrogen) atoms. The Labute approximate surface area is 115 Å². The zero-order valence-corrected chi connectivity index (χ0v) is 10.8. The molecule has 1 saturated heterocycles. The number of likely N-dealkylation sites (tertiary alicyclic amines) is 1. The van der Waals surface area contributed by atoms with Gasteiger partial charge in [-0.05, 0) is 18.2 Å². The molecule has 0 unspecified atom stereocenters. The number of aromatic nitrogens is 1. The molecule has 1 amide bonds. The molecule has 1 aliphatic heterocycles. The number of hydrogen-bond acceptors (Lipinski definition) is 4. The molecule has 6 nitrogen and oxygen atoms in total. The van der Waals surface area contributed by atoms with Crippen molar-refractivity contribution >= 4 is 22.8 Å². The molecule has 2 heterocycles. The smallest absolute Gasteiger partial charge is 0.407 e. The van der Waals surface area contributed by atoms with E-state index in [2.05, 4.69) is 4.98 Å². The lowest BCUT2D eigenvalue weighted by atomic mass is 10.2. The number of amides is 1. The van der Waals surface area contributed by atoms with Gasteiger partial charge in [0.05, 0.1) is 6.54 Å². The van der Waals surface area contributed by atoms with Crippen LogP contribution >= 0.6 is 0 Å². The summed E-state index contributed by atoms with van der Waals surface area (Å²) in [6.07, 6.45) is -0.360. The Bertz CT molecular complexity index is 659. The summed E-state index contributed by atoms with van der Waals surface area (Å²) in [5.74, 6) is 1.08. The fourth-order valence-corrected chi connectivity index (χ4v) is 2.41. The van der Waals surface area contributed by atoms with Crippen molar-refractivity contribution in [3.8, 4) is 5.75 Å². The Balaban J connectivity index is 1.85. The molecule has 104 valence electrons. The molecule has 0 bridgehead atoms. The zero-order chi connectivity index (χ0) is 14.1. The van der Waals surface area contributed by atoms with Gasteiger partial charge in [-0.3, -0.25) is 0 Å². The molecule has 1 fully saturated rings. The molecule has 1 aromatic carbocycles. The monoisotopic (exact) mass is 273 g/mol. The summed E-state index contributed by atoms with van der Waals surface area (Å²) < 4.78 is 5.90. The molecule has 1 aromatic heterocycles. The Morgan fingerprint density at radius 2 is 2.25 bits per heavy atom. The molecule has 0 spiro atoms. The molecule has 6 heteroatoms. The average molecular weight is 273 g/mol. The number of ether oxygens (including phenoxy) is 1. The van der Waals surface area contributed by atoms with Gasteiger partial charge in [-0.15, -0.1) is 0 Å². The number of nitrogens with two attached hydrogens (primary N) is 1. The van der Waals surface area contributed by atoms with Gasteiger partial charge >= 0.3 is 6.09 Å². The highest BCUT2D eigenvalue weighted by Crippen LogP contribution is 2.27. The molecule has 0 aliphatic carbocycles. The van der Waals surface area contributed by atoms with E-state index in [4.69, 9.17) is 15.6 Å². The number of rotatable bonds is 2. The van der Waals surface area contributed by atoms with E-state index in [9.17, 15) is 4.79 Å². The van der Waals surface area contributed by atoms with Crippen LogP contribution in [0.1, 0.15) is 6.42 Å². The maximum atomic E-state index is 10.9. The fourth-order valence-electron chi connectivity index (χ4n) is 2.41. The van der Waals surface area contributed by atoms with Gasteiger partial charge in [-0.1, -0.05) is 12.1 Å². The number of nitrogens with zero attached hydrogens (tertiary/aromatic N) is 2. The number of hydrogen-bond donors (Lipinski definition) is 2. The third-order valence-electron chi connectivity index (χ3n) is 3.41. The normalized spacial score (nSPS) is 18.4. The standard InChI is InChI=1S/C14H15N3O3/c15-12-5-4-9-2-1-3-11(13(9)16-12)20-10-6-7-17(8-10)14(18)19/h1-5,10H,6-8H2,(H2,15,16)(H,18,19)/t10-/m0/s1. The maximum Gasteiger partial charge on any atom is 0.407 e. The quantitative estimate of drug-likeness (QED) is 0.873.